The molecular weight excluding hydrogens is 323 g/mol. The number of aromatic amines is 1. The number of carbonyl (C=O) groups is 1. The molecule has 1 aliphatic heterocycles. The molecule has 0 bridgehead atoms. The van der Waals surface area contributed by atoms with Crippen LogP contribution in [0.25, 0.3) is 11.4 Å². The zero-order valence-corrected chi connectivity index (χ0v) is 15.0. The third-order valence-electron chi connectivity index (χ3n) is 4.21. The van der Waals surface area contributed by atoms with E-state index in [1.54, 1.807) is 24.0 Å². The molecule has 1 aromatic carbocycles. The van der Waals surface area contributed by atoms with Gasteiger partial charge < -0.3 is 4.74 Å². The van der Waals surface area contributed by atoms with Gasteiger partial charge >= 0.3 is 6.09 Å². The van der Waals surface area contributed by atoms with E-state index >= 15 is 0 Å². The van der Waals surface area contributed by atoms with Crippen LogP contribution < -0.4 is 0 Å². The molecule has 0 saturated carbocycles. The lowest BCUT2D eigenvalue weighted by Crippen LogP contribution is -2.36. The zero-order valence-electron chi connectivity index (χ0n) is 15.0. The lowest BCUT2D eigenvalue weighted by atomic mass is 10.1. The van der Waals surface area contributed by atoms with Gasteiger partial charge in [-0.3, -0.25) is 10.00 Å². The van der Waals surface area contributed by atoms with E-state index in [0.717, 1.165) is 12.8 Å². The molecule has 0 aliphatic carbocycles. The second-order valence-corrected chi connectivity index (χ2v) is 7.29. The lowest BCUT2D eigenvalue weighted by Gasteiger charge is -2.27. The first-order valence-corrected chi connectivity index (χ1v) is 8.43. The van der Waals surface area contributed by atoms with Crippen LogP contribution in [0.3, 0.4) is 0 Å². The van der Waals surface area contributed by atoms with Crippen molar-refractivity contribution < 1.29 is 13.9 Å². The number of hydrogen-bond acceptors (Lipinski definition) is 4. The van der Waals surface area contributed by atoms with Gasteiger partial charge in [-0.2, -0.15) is 5.10 Å². The Hall–Kier alpha value is -2.44. The summed E-state index contributed by atoms with van der Waals surface area (Å²) in [5.74, 6) is 0.741. The van der Waals surface area contributed by atoms with Crippen LogP contribution in [-0.4, -0.2) is 38.3 Å². The third-order valence-corrected chi connectivity index (χ3v) is 4.21. The molecule has 1 atom stereocenters. The van der Waals surface area contributed by atoms with Gasteiger partial charge in [0.1, 0.15) is 17.2 Å². The number of likely N-dealkylation sites (tertiary alicyclic amines) is 1. The van der Waals surface area contributed by atoms with Gasteiger partial charge in [-0.25, -0.2) is 14.2 Å². The van der Waals surface area contributed by atoms with Gasteiger partial charge in [-0.15, -0.1) is 0 Å². The van der Waals surface area contributed by atoms with E-state index in [2.05, 4.69) is 15.2 Å². The molecule has 0 spiro atoms. The maximum Gasteiger partial charge on any atom is 0.410 e. The average Bonchev–Trinajstić information content (AvgIpc) is 3.16. The first kappa shape index (κ1) is 17.4. The van der Waals surface area contributed by atoms with Gasteiger partial charge in [0, 0.05) is 12.1 Å². The number of benzene rings is 1. The molecule has 2 aromatic rings. The quantitative estimate of drug-likeness (QED) is 0.892. The summed E-state index contributed by atoms with van der Waals surface area (Å²) in [5.41, 5.74) is 0.600. The van der Waals surface area contributed by atoms with Crippen molar-refractivity contribution in [2.75, 3.05) is 6.54 Å². The second-order valence-electron chi connectivity index (χ2n) is 7.29. The standard InChI is InChI=1S/C18H23FN4O2/c1-11-12(7-5-8-13(11)19)15-20-16(22-21-15)14-9-6-10-23(14)17(24)25-18(2,3)4/h5,7-8,14H,6,9-10H2,1-4H3,(H,20,21,22)/t14-/m0/s1. The highest BCUT2D eigenvalue weighted by Crippen LogP contribution is 2.32. The Morgan fingerprint density at radius 3 is 2.88 bits per heavy atom. The van der Waals surface area contributed by atoms with Crippen LogP contribution in [-0.2, 0) is 4.74 Å². The molecule has 1 N–H and O–H groups in total. The highest BCUT2D eigenvalue weighted by molar-refractivity contribution is 5.69. The van der Waals surface area contributed by atoms with Crippen LogP contribution in [0.4, 0.5) is 9.18 Å². The Bertz CT molecular complexity index is 782. The Morgan fingerprint density at radius 2 is 2.16 bits per heavy atom. The SMILES string of the molecule is Cc1c(F)cccc1-c1n[nH]c([C@@H]2CCCN2C(=O)OC(C)(C)C)n1. The van der Waals surface area contributed by atoms with Crippen molar-refractivity contribution in [2.45, 2.75) is 52.2 Å². The predicted octanol–water partition coefficient (Wildman–Crippen LogP) is 3.99. The number of halogens is 1. The van der Waals surface area contributed by atoms with Crippen molar-refractivity contribution in [3.8, 4) is 11.4 Å². The Balaban J connectivity index is 1.84. The number of carbonyl (C=O) groups excluding carboxylic acids is 1. The van der Waals surface area contributed by atoms with Gasteiger partial charge in [0.25, 0.3) is 0 Å². The Morgan fingerprint density at radius 1 is 1.40 bits per heavy atom. The first-order valence-electron chi connectivity index (χ1n) is 8.43. The summed E-state index contributed by atoms with van der Waals surface area (Å²) in [4.78, 5) is 18.6. The van der Waals surface area contributed by atoms with Crippen molar-refractivity contribution >= 4 is 6.09 Å². The summed E-state index contributed by atoms with van der Waals surface area (Å²) in [6, 6.07) is 4.63. The number of amides is 1. The summed E-state index contributed by atoms with van der Waals surface area (Å²) in [6.07, 6.45) is 1.31. The van der Waals surface area contributed by atoms with Crippen LogP contribution in [0.5, 0.6) is 0 Å². The number of nitrogens with zero attached hydrogens (tertiary/aromatic N) is 3. The molecule has 0 radical (unpaired) electrons. The minimum atomic E-state index is -0.546. The van der Waals surface area contributed by atoms with E-state index in [-0.39, 0.29) is 18.0 Å². The second kappa shape index (κ2) is 6.46. The first-order chi connectivity index (χ1) is 11.8. The summed E-state index contributed by atoms with van der Waals surface area (Å²) in [6.45, 7) is 7.84. The van der Waals surface area contributed by atoms with Crippen LogP contribution in [0, 0.1) is 12.7 Å². The topological polar surface area (TPSA) is 71.1 Å². The van der Waals surface area contributed by atoms with Crippen LogP contribution in [0.1, 0.15) is 51.0 Å². The highest BCUT2D eigenvalue weighted by Gasteiger charge is 2.35. The zero-order chi connectivity index (χ0) is 18.2. The summed E-state index contributed by atoms with van der Waals surface area (Å²) >= 11 is 0. The third kappa shape index (κ3) is 3.65. The predicted molar refractivity (Wildman–Crippen MR) is 91.4 cm³/mol. The minimum absolute atomic E-state index is 0.204. The van der Waals surface area contributed by atoms with Gasteiger partial charge in [-0.1, -0.05) is 12.1 Å². The number of rotatable bonds is 2. The van der Waals surface area contributed by atoms with E-state index in [9.17, 15) is 9.18 Å². The maximum atomic E-state index is 13.8. The molecule has 1 fully saturated rings. The number of H-pyrrole nitrogens is 1. The van der Waals surface area contributed by atoms with Gasteiger partial charge in [0.05, 0.1) is 6.04 Å². The number of ether oxygens (including phenoxy) is 1. The normalized spacial score (nSPS) is 17.8. The molecule has 1 saturated heterocycles. The van der Waals surface area contributed by atoms with Crippen LogP contribution in [0.2, 0.25) is 0 Å². The fourth-order valence-corrected chi connectivity index (χ4v) is 2.98. The van der Waals surface area contributed by atoms with Crippen LogP contribution >= 0.6 is 0 Å². The summed E-state index contributed by atoms with van der Waals surface area (Å²) < 4.78 is 19.2. The van der Waals surface area contributed by atoms with Gasteiger partial charge in [0.2, 0.25) is 0 Å². The van der Waals surface area contributed by atoms with E-state index in [1.165, 1.54) is 6.07 Å². The molecule has 1 amide bonds. The van der Waals surface area contributed by atoms with Gasteiger partial charge in [-0.05, 0) is 52.2 Å². The average molecular weight is 346 g/mol. The van der Waals surface area contributed by atoms with Crippen molar-refractivity contribution in [2.24, 2.45) is 0 Å². The van der Waals surface area contributed by atoms with Crippen molar-refractivity contribution in [1.29, 1.82) is 0 Å². The van der Waals surface area contributed by atoms with Crippen molar-refractivity contribution in [3.05, 3.63) is 35.4 Å². The molecule has 134 valence electrons. The maximum absolute atomic E-state index is 13.8. The lowest BCUT2D eigenvalue weighted by molar-refractivity contribution is 0.0218. The summed E-state index contributed by atoms with van der Waals surface area (Å²) in [7, 11) is 0. The Labute approximate surface area is 146 Å². The number of hydrogen-bond donors (Lipinski definition) is 1. The minimum Gasteiger partial charge on any atom is -0.444 e. The van der Waals surface area contributed by atoms with E-state index < -0.39 is 5.60 Å². The molecule has 7 heteroatoms. The highest BCUT2D eigenvalue weighted by atomic mass is 19.1. The molecule has 2 heterocycles. The molecular formula is C18H23FN4O2. The largest absolute Gasteiger partial charge is 0.444 e. The molecule has 6 nitrogen and oxygen atoms in total. The smallest absolute Gasteiger partial charge is 0.410 e. The van der Waals surface area contributed by atoms with Crippen molar-refractivity contribution in [1.82, 2.24) is 20.1 Å². The van der Waals surface area contributed by atoms with E-state index in [1.807, 2.05) is 20.8 Å². The molecule has 3 rings (SSSR count). The number of aromatic nitrogens is 3. The molecule has 25 heavy (non-hydrogen) atoms. The number of nitrogens with one attached hydrogen (secondary N) is 1. The van der Waals surface area contributed by atoms with E-state index in [0.29, 0.717) is 29.3 Å². The molecule has 0 unspecified atom stereocenters. The fourth-order valence-electron chi connectivity index (χ4n) is 2.98. The molecule has 1 aromatic heterocycles. The molecule has 1 aliphatic rings. The van der Waals surface area contributed by atoms with E-state index in [4.69, 9.17) is 4.74 Å². The Kier molecular flexibility index (Phi) is 4.49. The summed E-state index contributed by atoms with van der Waals surface area (Å²) in [5, 5.41) is 7.13. The van der Waals surface area contributed by atoms with Gasteiger partial charge in [0.15, 0.2) is 5.82 Å². The monoisotopic (exact) mass is 346 g/mol. The fraction of sp³-hybridized carbons (Fsp3) is 0.500. The van der Waals surface area contributed by atoms with Crippen molar-refractivity contribution in [3.63, 3.8) is 0 Å². The van der Waals surface area contributed by atoms with Crippen LogP contribution in [0.15, 0.2) is 18.2 Å².